The predicted molar refractivity (Wildman–Crippen MR) is 84.8 cm³/mol. The highest BCUT2D eigenvalue weighted by Crippen LogP contribution is 2.38. The first-order valence-corrected chi connectivity index (χ1v) is 7.04. The summed E-state index contributed by atoms with van der Waals surface area (Å²) in [7, 11) is 1.19. The predicted octanol–water partition coefficient (Wildman–Crippen LogP) is 4.99. The second kappa shape index (κ2) is 6.89. The largest absolute Gasteiger partial charge is 0.465 e. The molecule has 0 N–H and O–H groups in total. The van der Waals surface area contributed by atoms with Crippen LogP contribution < -0.4 is 0 Å². The number of nitriles is 1. The van der Waals surface area contributed by atoms with Crippen LogP contribution in [-0.4, -0.2) is 13.1 Å². The van der Waals surface area contributed by atoms with Crippen LogP contribution in [0.15, 0.2) is 34.3 Å². The zero-order chi connectivity index (χ0) is 16.3. The second-order valence-corrected chi connectivity index (χ2v) is 5.36. The number of hydrogen-bond acceptors (Lipinski definition) is 4. The maximum Gasteiger partial charge on any atom is 0.348 e. The van der Waals surface area contributed by atoms with Crippen molar-refractivity contribution in [2.45, 2.75) is 0 Å². The Hall–Kier alpha value is -1.93. The van der Waals surface area contributed by atoms with Crippen molar-refractivity contribution < 1.29 is 13.9 Å². The number of benzene rings is 1. The molecule has 1 aromatic carbocycles. The number of carbonyl (C=O) groups excluding carboxylic acids is 1. The summed E-state index contributed by atoms with van der Waals surface area (Å²) in [4.78, 5) is 11.4. The number of halogens is 3. The Morgan fingerprint density at radius 3 is 2.45 bits per heavy atom. The van der Waals surface area contributed by atoms with Crippen LogP contribution in [0.4, 0.5) is 0 Å². The van der Waals surface area contributed by atoms with E-state index in [9.17, 15) is 4.79 Å². The average molecular weight is 357 g/mol. The lowest BCUT2D eigenvalue weighted by Crippen LogP contribution is -2.02. The zero-order valence-corrected chi connectivity index (χ0v) is 13.5. The molecule has 4 nitrogen and oxygen atoms in total. The van der Waals surface area contributed by atoms with E-state index in [-0.39, 0.29) is 5.57 Å². The van der Waals surface area contributed by atoms with Crippen molar-refractivity contribution >= 4 is 46.8 Å². The van der Waals surface area contributed by atoms with Gasteiger partial charge in [-0.1, -0.05) is 34.8 Å². The van der Waals surface area contributed by atoms with Crippen LogP contribution in [0, 0.1) is 11.3 Å². The van der Waals surface area contributed by atoms with Crippen LogP contribution in [0.5, 0.6) is 0 Å². The van der Waals surface area contributed by atoms with Gasteiger partial charge in [0.25, 0.3) is 0 Å². The van der Waals surface area contributed by atoms with Gasteiger partial charge in [0.1, 0.15) is 23.2 Å². The number of nitrogens with zero attached hydrogens (tertiary/aromatic N) is 1. The summed E-state index contributed by atoms with van der Waals surface area (Å²) in [5.74, 6) is -0.0675. The van der Waals surface area contributed by atoms with E-state index in [2.05, 4.69) is 4.74 Å². The highest BCUT2D eigenvalue weighted by atomic mass is 35.5. The van der Waals surface area contributed by atoms with E-state index >= 15 is 0 Å². The second-order valence-electron chi connectivity index (χ2n) is 4.11. The first-order valence-electron chi connectivity index (χ1n) is 5.91. The number of furan rings is 1. The molecule has 7 heteroatoms. The van der Waals surface area contributed by atoms with Gasteiger partial charge in [-0.15, -0.1) is 0 Å². The number of carbonyl (C=O) groups is 1. The number of rotatable bonds is 3. The van der Waals surface area contributed by atoms with Crippen molar-refractivity contribution in [3.8, 4) is 17.4 Å². The maximum atomic E-state index is 11.4. The fraction of sp³-hybridized carbons (Fsp3) is 0.0667. The molecule has 0 saturated heterocycles. The third kappa shape index (κ3) is 3.45. The lowest BCUT2D eigenvalue weighted by atomic mass is 10.2. The Balaban J connectivity index is 2.44. The Kier molecular flexibility index (Phi) is 5.15. The summed E-state index contributed by atoms with van der Waals surface area (Å²) >= 11 is 18.1. The molecule has 0 unspecified atom stereocenters. The molecule has 0 aliphatic rings. The monoisotopic (exact) mass is 355 g/mol. The highest BCUT2D eigenvalue weighted by Gasteiger charge is 2.15. The summed E-state index contributed by atoms with van der Waals surface area (Å²) in [6.45, 7) is 0. The molecule has 0 atom stereocenters. The Bertz CT molecular complexity index is 780. The minimum Gasteiger partial charge on any atom is -0.465 e. The summed E-state index contributed by atoms with van der Waals surface area (Å²) in [6, 6.07) is 8.02. The molecule has 2 aromatic rings. The SMILES string of the molecule is COC(=O)C(C#N)=Cc1ccc(-c2c(Cl)cc(Cl)cc2Cl)o1. The smallest absolute Gasteiger partial charge is 0.348 e. The van der Waals surface area contributed by atoms with Crippen LogP contribution in [0.1, 0.15) is 5.76 Å². The summed E-state index contributed by atoms with van der Waals surface area (Å²) < 4.78 is 10.0. The zero-order valence-electron chi connectivity index (χ0n) is 11.2. The molecule has 22 heavy (non-hydrogen) atoms. The van der Waals surface area contributed by atoms with Crippen LogP contribution in [-0.2, 0) is 9.53 Å². The van der Waals surface area contributed by atoms with Crippen molar-refractivity contribution in [3.05, 3.63) is 50.7 Å². The molecule has 0 amide bonds. The summed E-state index contributed by atoms with van der Waals surface area (Å²) in [6.07, 6.45) is 1.27. The van der Waals surface area contributed by atoms with Gasteiger partial charge in [-0.05, 0) is 24.3 Å². The maximum absolute atomic E-state index is 11.4. The van der Waals surface area contributed by atoms with Crippen molar-refractivity contribution in [2.24, 2.45) is 0 Å². The van der Waals surface area contributed by atoms with Crippen LogP contribution >= 0.6 is 34.8 Å². The van der Waals surface area contributed by atoms with E-state index in [4.69, 9.17) is 44.5 Å². The van der Waals surface area contributed by atoms with Gasteiger partial charge in [0.15, 0.2) is 0 Å². The van der Waals surface area contributed by atoms with Crippen LogP contribution in [0.25, 0.3) is 17.4 Å². The number of hydrogen-bond donors (Lipinski definition) is 0. The molecule has 2 rings (SSSR count). The van der Waals surface area contributed by atoms with Gasteiger partial charge in [0, 0.05) is 11.1 Å². The molecule has 1 aromatic heterocycles. The van der Waals surface area contributed by atoms with E-state index in [1.165, 1.54) is 25.3 Å². The summed E-state index contributed by atoms with van der Waals surface area (Å²) in [5, 5.41) is 9.98. The standard InChI is InChI=1S/C15H8Cl3NO3/c1-21-15(20)8(7-19)4-10-2-3-13(22-10)14-11(17)5-9(16)6-12(14)18/h2-6H,1H3. The fourth-order valence-corrected chi connectivity index (χ4v) is 2.73. The van der Waals surface area contributed by atoms with Crippen LogP contribution in [0.2, 0.25) is 15.1 Å². The van der Waals surface area contributed by atoms with E-state index in [1.807, 2.05) is 0 Å². The molecular weight excluding hydrogens is 349 g/mol. The van der Waals surface area contributed by atoms with Gasteiger partial charge in [0.05, 0.1) is 22.7 Å². The van der Waals surface area contributed by atoms with Gasteiger partial charge in [-0.2, -0.15) is 5.26 Å². The highest BCUT2D eigenvalue weighted by molar-refractivity contribution is 6.41. The lowest BCUT2D eigenvalue weighted by molar-refractivity contribution is -0.135. The van der Waals surface area contributed by atoms with Gasteiger partial charge in [-0.3, -0.25) is 0 Å². The van der Waals surface area contributed by atoms with Crippen molar-refractivity contribution in [1.82, 2.24) is 0 Å². The lowest BCUT2D eigenvalue weighted by Gasteiger charge is -2.04. The first-order chi connectivity index (χ1) is 10.5. The third-order valence-corrected chi connectivity index (χ3v) is 3.51. The molecule has 0 radical (unpaired) electrons. The van der Waals surface area contributed by atoms with Gasteiger partial charge in [-0.25, -0.2) is 4.79 Å². The fourth-order valence-electron chi connectivity index (χ4n) is 1.73. The average Bonchev–Trinajstić information content (AvgIpc) is 2.91. The molecule has 0 aliphatic carbocycles. The van der Waals surface area contributed by atoms with E-state index in [0.29, 0.717) is 32.2 Å². The number of methoxy groups -OCH3 is 1. The van der Waals surface area contributed by atoms with Crippen molar-refractivity contribution in [3.63, 3.8) is 0 Å². The van der Waals surface area contributed by atoms with E-state index in [1.54, 1.807) is 18.2 Å². The van der Waals surface area contributed by atoms with Gasteiger partial charge < -0.3 is 9.15 Å². The van der Waals surface area contributed by atoms with Crippen LogP contribution in [0.3, 0.4) is 0 Å². The molecule has 0 aliphatic heterocycles. The molecule has 1 heterocycles. The Morgan fingerprint density at radius 2 is 1.91 bits per heavy atom. The number of ether oxygens (including phenoxy) is 1. The van der Waals surface area contributed by atoms with Gasteiger partial charge >= 0.3 is 5.97 Å². The normalized spacial score (nSPS) is 11.1. The van der Waals surface area contributed by atoms with E-state index in [0.717, 1.165) is 0 Å². The Labute approximate surface area is 141 Å². The molecule has 112 valence electrons. The molecule has 0 saturated carbocycles. The van der Waals surface area contributed by atoms with Crippen molar-refractivity contribution in [1.29, 1.82) is 5.26 Å². The first kappa shape index (κ1) is 16.4. The topological polar surface area (TPSA) is 63.2 Å². The molecule has 0 spiro atoms. The quantitative estimate of drug-likeness (QED) is 0.442. The Morgan fingerprint density at radius 1 is 1.27 bits per heavy atom. The third-order valence-electron chi connectivity index (χ3n) is 2.69. The van der Waals surface area contributed by atoms with Crippen molar-refractivity contribution in [2.75, 3.05) is 7.11 Å². The molecular formula is C15H8Cl3NO3. The molecule has 0 bridgehead atoms. The molecule has 0 fully saturated rings. The minimum absolute atomic E-state index is 0.184. The minimum atomic E-state index is -0.747. The number of esters is 1. The van der Waals surface area contributed by atoms with E-state index < -0.39 is 5.97 Å². The summed E-state index contributed by atoms with van der Waals surface area (Å²) in [5.41, 5.74) is 0.292. The van der Waals surface area contributed by atoms with Gasteiger partial charge in [0.2, 0.25) is 0 Å².